The summed E-state index contributed by atoms with van der Waals surface area (Å²) >= 11 is 0. The highest BCUT2D eigenvalue weighted by Gasteiger charge is 2.50. The molecule has 9 heteroatoms. The number of hydrogen-bond acceptors (Lipinski definition) is 8. The van der Waals surface area contributed by atoms with E-state index in [1.54, 1.807) is 19.1 Å². The second kappa shape index (κ2) is 11.2. The Morgan fingerprint density at radius 2 is 1.60 bits per heavy atom. The SMILES string of the molecule is CCOC(=O)[C@@H]1[C@@H](CC(=O)OC)C[C@@H](CC(=O)OC)N1C(=O)OCc1ccccc1. The molecule has 0 aliphatic carbocycles. The van der Waals surface area contributed by atoms with Gasteiger partial charge >= 0.3 is 24.0 Å². The summed E-state index contributed by atoms with van der Waals surface area (Å²) in [5.41, 5.74) is 0.772. The standard InChI is InChI=1S/C21H27NO8/c1-4-29-20(25)19-15(11-17(23)27-2)10-16(12-18(24)28-3)22(19)21(26)30-13-14-8-6-5-7-9-14/h5-9,15-16,19H,4,10-13H2,1-3H3/t15-,16+,19+/m1/s1. The fourth-order valence-corrected chi connectivity index (χ4v) is 3.59. The largest absolute Gasteiger partial charge is 0.469 e. The molecular formula is C21H27NO8. The molecule has 30 heavy (non-hydrogen) atoms. The molecule has 1 saturated heterocycles. The molecule has 1 heterocycles. The quantitative estimate of drug-likeness (QED) is 0.464. The summed E-state index contributed by atoms with van der Waals surface area (Å²) < 4.78 is 20.0. The summed E-state index contributed by atoms with van der Waals surface area (Å²) in [6.45, 7) is 1.75. The number of carbonyl (C=O) groups excluding carboxylic acids is 4. The van der Waals surface area contributed by atoms with E-state index >= 15 is 0 Å². The number of hydrogen-bond donors (Lipinski definition) is 0. The monoisotopic (exact) mass is 421 g/mol. The van der Waals surface area contributed by atoms with Crippen molar-refractivity contribution in [3.8, 4) is 0 Å². The first-order valence-electron chi connectivity index (χ1n) is 9.70. The highest BCUT2D eigenvalue weighted by Crippen LogP contribution is 2.36. The maximum atomic E-state index is 12.9. The predicted molar refractivity (Wildman–Crippen MR) is 104 cm³/mol. The van der Waals surface area contributed by atoms with Crippen molar-refractivity contribution in [2.45, 2.75) is 44.9 Å². The number of methoxy groups -OCH3 is 2. The van der Waals surface area contributed by atoms with Gasteiger partial charge in [0.05, 0.1) is 33.7 Å². The Hall–Kier alpha value is -3.10. The van der Waals surface area contributed by atoms with Crippen molar-refractivity contribution in [3.05, 3.63) is 35.9 Å². The van der Waals surface area contributed by atoms with Crippen molar-refractivity contribution in [1.82, 2.24) is 4.90 Å². The summed E-state index contributed by atoms with van der Waals surface area (Å²) in [6, 6.07) is 7.32. The zero-order chi connectivity index (χ0) is 22.1. The molecule has 1 aliphatic heterocycles. The van der Waals surface area contributed by atoms with Crippen LogP contribution in [0.2, 0.25) is 0 Å². The molecular weight excluding hydrogens is 394 g/mol. The van der Waals surface area contributed by atoms with Gasteiger partial charge in [-0.15, -0.1) is 0 Å². The first-order valence-corrected chi connectivity index (χ1v) is 9.70. The number of rotatable bonds is 8. The van der Waals surface area contributed by atoms with Crippen LogP contribution in [-0.4, -0.2) is 61.8 Å². The number of nitrogens with zero attached hydrogens (tertiary/aromatic N) is 1. The maximum Gasteiger partial charge on any atom is 0.411 e. The van der Waals surface area contributed by atoms with Crippen molar-refractivity contribution in [1.29, 1.82) is 0 Å². The Balaban J connectivity index is 2.27. The van der Waals surface area contributed by atoms with E-state index in [4.69, 9.17) is 18.9 Å². The fraction of sp³-hybridized carbons (Fsp3) is 0.524. The maximum absolute atomic E-state index is 12.9. The van der Waals surface area contributed by atoms with Crippen molar-refractivity contribution >= 4 is 24.0 Å². The molecule has 164 valence electrons. The van der Waals surface area contributed by atoms with Crippen molar-refractivity contribution in [3.63, 3.8) is 0 Å². The van der Waals surface area contributed by atoms with E-state index in [0.717, 1.165) is 5.56 Å². The molecule has 1 fully saturated rings. The average Bonchev–Trinajstić information content (AvgIpc) is 3.10. The highest BCUT2D eigenvalue weighted by atomic mass is 16.6. The number of amides is 1. The Morgan fingerprint density at radius 1 is 0.967 bits per heavy atom. The molecule has 2 rings (SSSR count). The van der Waals surface area contributed by atoms with Crippen LogP contribution in [0.15, 0.2) is 30.3 Å². The van der Waals surface area contributed by atoms with Gasteiger partial charge in [0.15, 0.2) is 0 Å². The predicted octanol–water partition coefficient (Wildman–Crippen LogP) is 2.07. The van der Waals surface area contributed by atoms with Gasteiger partial charge in [-0.25, -0.2) is 9.59 Å². The van der Waals surface area contributed by atoms with Crippen LogP contribution < -0.4 is 0 Å². The highest BCUT2D eigenvalue weighted by molar-refractivity contribution is 5.84. The number of ether oxygens (including phenoxy) is 4. The molecule has 0 spiro atoms. The zero-order valence-electron chi connectivity index (χ0n) is 17.4. The van der Waals surface area contributed by atoms with Gasteiger partial charge in [-0.1, -0.05) is 30.3 Å². The molecule has 1 amide bonds. The summed E-state index contributed by atoms with van der Waals surface area (Å²) in [5.74, 6) is -2.29. The molecule has 0 bridgehead atoms. The summed E-state index contributed by atoms with van der Waals surface area (Å²) in [5, 5.41) is 0. The third-order valence-electron chi connectivity index (χ3n) is 4.94. The fourth-order valence-electron chi connectivity index (χ4n) is 3.59. The van der Waals surface area contributed by atoms with Crippen molar-refractivity contribution in [2.75, 3.05) is 20.8 Å². The summed E-state index contributed by atoms with van der Waals surface area (Å²) in [4.78, 5) is 50.6. The van der Waals surface area contributed by atoms with E-state index in [2.05, 4.69) is 0 Å². The smallest absolute Gasteiger partial charge is 0.411 e. The molecule has 0 saturated carbocycles. The van der Waals surface area contributed by atoms with Gasteiger partial charge in [-0.3, -0.25) is 14.5 Å². The normalized spacial score (nSPS) is 20.4. The molecule has 0 unspecified atom stereocenters. The first kappa shape index (κ1) is 23.2. The summed E-state index contributed by atoms with van der Waals surface area (Å²) in [7, 11) is 2.48. The molecule has 3 atom stereocenters. The van der Waals surface area contributed by atoms with E-state index in [9.17, 15) is 19.2 Å². The molecule has 0 radical (unpaired) electrons. The third kappa shape index (κ3) is 5.95. The minimum atomic E-state index is -1.07. The van der Waals surface area contributed by atoms with E-state index in [1.807, 2.05) is 18.2 Å². The molecule has 1 aromatic rings. The van der Waals surface area contributed by atoms with Crippen LogP contribution in [0.3, 0.4) is 0 Å². The van der Waals surface area contributed by atoms with Crippen LogP contribution in [0, 0.1) is 5.92 Å². The molecule has 0 N–H and O–H groups in total. The van der Waals surface area contributed by atoms with E-state index < -0.39 is 42.0 Å². The lowest BCUT2D eigenvalue weighted by Crippen LogP contribution is -2.48. The van der Waals surface area contributed by atoms with Gasteiger partial charge in [0.25, 0.3) is 0 Å². The van der Waals surface area contributed by atoms with Gasteiger partial charge in [0.2, 0.25) is 0 Å². The van der Waals surface area contributed by atoms with Gasteiger partial charge in [-0.2, -0.15) is 0 Å². The van der Waals surface area contributed by atoms with Crippen LogP contribution in [0.4, 0.5) is 4.79 Å². The molecule has 1 aromatic carbocycles. The minimum absolute atomic E-state index is 0.00166. The van der Waals surface area contributed by atoms with Crippen LogP contribution >= 0.6 is 0 Å². The van der Waals surface area contributed by atoms with Crippen molar-refractivity contribution in [2.24, 2.45) is 5.92 Å². The lowest BCUT2D eigenvalue weighted by Gasteiger charge is -2.29. The first-order chi connectivity index (χ1) is 14.4. The minimum Gasteiger partial charge on any atom is -0.469 e. The topological polar surface area (TPSA) is 108 Å². The molecule has 0 aromatic heterocycles. The summed E-state index contributed by atoms with van der Waals surface area (Å²) in [6.07, 6.45) is -0.767. The lowest BCUT2D eigenvalue weighted by molar-refractivity contribution is -0.151. The van der Waals surface area contributed by atoms with Gasteiger partial charge in [0.1, 0.15) is 12.6 Å². The van der Waals surface area contributed by atoms with Gasteiger partial charge in [-0.05, 0) is 18.9 Å². The molecule has 9 nitrogen and oxygen atoms in total. The lowest BCUT2D eigenvalue weighted by atomic mass is 9.94. The van der Waals surface area contributed by atoms with Crippen molar-refractivity contribution < 1.29 is 38.1 Å². The van der Waals surface area contributed by atoms with E-state index in [1.165, 1.54) is 19.1 Å². The van der Waals surface area contributed by atoms with Gasteiger partial charge < -0.3 is 18.9 Å². The van der Waals surface area contributed by atoms with E-state index in [-0.39, 0.29) is 32.5 Å². The van der Waals surface area contributed by atoms with Crippen LogP contribution in [0.5, 0.6) is 0 Å². The average molecular weight is 421 g/mol. The van der Waals surface area contributed by atoms with E-state index in [0.29, 0.717) is 0 Å². The number of likely N-dealkylation sites (tertiary alicyclic amines) is 1. The number of esters is 3. The zero-order valence-corrected chi connectivity index (χ0v) is 17.4. The Morgan fingerprint density at radius 3 is 2.20 bits per heavy atom. The second-order valence-corrected chi connectivity index (χ2v) is 6.85. The van der Waals surface area contributed by atoms with Crippen LogP contribution in [-0.2, 0) is 39.9 Å². The van der Waals surface area contributed by atoms with Crippen LogP contribution in [0.25, 0.3) is 0 Å². The second-order valence-electron chi connectivity index (χ2n) is 6.85. The Kier molecular flexibility index (Phi) is 8.64. The number of carbonyl (C=O) groups is 4. The number of benzene rings is 1. The van der Waals surface area contributed by atoms with Crippen LogP contribution in [0.1, 0.15) is 31.7 Å². The Bertz CT molecular complexity index is 751. The van der Waals surface area contributed by atoms with Gasteiger partial charge in [0, 0.05) is 12.0 Å². The Labute approximate surface area is 175 Å². The molecule has 1 aliphatic rings. The third-order valence-corrected chi connectivity index (χ3v) is 4.94.